The molecule has 0 bridgehead atoms. The van der Waals surface area contributed by atoms with Gasteiger partial charge in [-0.3, -0.25) is 0 Å². The summed E-state index contributed by atoms with van der Waals surface area (Å²) in [5, 5.41) is 0. The molecule has 0 saturated carbocycles. The van der Waals surface area contributed by atoms with Crippen molar-refractivity contribution in [3.05, 3.63) is 30.1 Å². The summed E-state index contributed by atoms with van der Waals surface area (Å²) in [6, 6.07) is 5.39. The van der Waals surface area contributed by atoms with Crippen molar-refractivity contribution in [2.45, 2.75) is 24.3 Å². The van der Waals surface area contributed by atoms with Gasteiger partial charge in [0, 0.05) is 19.1 Å². The predicted octanol–water partition coefficient (Wildman–Crippen LogP) is 1.54. The molecule has 2 rings (SSSR count). The zero-order chi connectivity index (χ0) is 14.0. The fourth-order valence-electron chi connectivity index (χ4n) is 2.49. The highest BCUT2D eigenvalue weighted by Crippen LogP contribution is 2.22. The van der Waals surface area contributed by atoms with E-state index in [9.17, 15) is 12.8 Å². The Kier molecular flexibility index (Phi) is 4.23. The van der Waals surface area contributed by atoms with E-state index in [0.717, 1.165) is 13.0 Å². The van der Waals surface area contributed by atoms with E-state index >= 15 is 0 Å². The first-order valence-electron chi connectivity index (χ1n) is 6.38. The predicted molar refractivity (Wildman–Crippen MR) is 71.9 cm³/mol. The summed E-state index contributed by atoms with van der Waals surface area (Å²) in [6.07, 6.45) is 0.758. The molecule has 0 aromatic heterocycles. The molecule has 0 amide bonds. The molecule has 1 aromatic carbocycles. The number of sulfonamides is 1. The molecule has 1 heterocycles. The molecule has 0 radical (unpaired) electrons. The molecule has 0 aliphatic carbocycles. The lowest BCUT2D eigenvalue weighted by Crippen LogP contribution is -2.42. The lowest BCUT2D eigenvalue weighted by Gasteiger charge is -2.27. The topological polar surface area (TPSA) is 40.6 Å². The van der Waals surface area contributed by atoms with E-state index in [1.54, 1.807) is 6.07 Å². The average Bonchev–Trinajstić information content (AvgIpc) is 2.50. The number of hydrogen-bond acceptors (Lipinski definition) is 3. The van der Waals surface area contributed by atoms with Crippen LogP contribution in [0.1, 0.15) is 13.3 Å². The van der Waals surface area contributed by atoms with Crippen LogP contribution in [0.3, 0.4) is 0 Å². The van der Waals surface area contributed by atoms with Crippen molar-refractivity contribution >= 4 is 10.0 Å². The molecule has 106 valence electrons. The van der Waals surface area contributed by atoms with Crippen molar-refractivity contribution in [3.63, 3.8) is 0 Å². The largest absolute Gasteiger partial charge is 0.305 e. The molecule has 1 unspecified atom stereocenters. The average molecular weight is 286 g/mol. The van der Waals surface area contributed by atoms with Gasteiger partial charge in [-0.05, 0) is 39.1 Å². The van der Waals surface area contributed by atoms with Gasteiger partial charge in [-0.1, -0.05) is 12.1 Å². The lowest BCUT2D eigenvalue weighted by molar-refractivity contribution is 0.290. The maximum Gasteiger partial charge on any atom is 0.246 e. The van der Waals surface area contributed by atoms with Crippen LogP contribution >= 0.6 is 0 Å². The zero-order valence-corrected chi connectivity index (χ0v) is 12.0. The first kappa shape index (κ1) is 14.4. The van der Waals surface area contributed by atoms with Crippen LogP contribution in [0.4, 0.5) is 4.39 Å². The van der Waals surface area contributed by atoms with Gasteiger partial charge in [-0.15, -0.1) is 0 Å². The molecule has 1 aliphatic heterocycles. The third-order valence-corrected chi connectivity index (χ3v) is 5.46. The van der Waals surface area contributed by atoms with Gasteiger partial charge >= 0.3 is 0 Å². The summed E-state index contributed by atoms with van der Waals surface area (Å²) in [5.74, 6) is -0.688. The lowest BCUT2D eigenvalue weighted by atomic mass is 10.3. The van der Waals surface area contributed by atoms with E-state index in [4.69, 9.17) is 0 Å². The van der Waals surface area contributed by atoms with E-state index in [0.29, 0.717) is 13.1 Å². The van der Waals surface area contributed by atoms with Crippen LogP contribution in [0.15, 0.2) is 29.2 Å². The standard InChI is InChI=1S/C13H19FN2O2S/c1-11-10-15(2)8-5-9-16(11)19(17,18)13-7-4-3-6-12(13)14/h3-4,6-7,11H,5,8-10H2,1-2H3. The highest BCUT2D eigenvalue weighted by atomic mass is 32.2. The Morgan fingerprint density at radius 2 is 1.95 bits per heavy atom. The fourth-order valence-corrected chi connectivity index (χ4v) is 4.22. The second-order valence-corrected chi connectivity index (χ2v) is 6.87. The Labute approximate surface area is 113 Å². The van der Waals surface area contributed by atoms with Crippen LogP contribution in [-0.4, -0.2) is 50.3 Å². The van der Waals surface area contributed by atoms with Crippen molar-refractivity contribution in [3.8, 4) is 0 Å². The van der Waals surface area contributed by atoms with Crippen molar-refractivity contribution in [2.75, 3.05) is 26.7 Å². The van der Waals surface area contributed by atoms with Crippen LogP contribution in [0.2, 0.25) is 0 Å². The molecular weight excluding hydrogens is 267 g/mol. The Morgan fingerprint density at radius 1 is 1.26 bits per heavy atom. The first-order valence-corrected chi connectivity index (χ1v) is 7.82. The normalized spacial score (nSPS) is 23.2. The molecular formula is C13H19FN2O2S. The van der Waals surface area contributed by atoms with Crippen molar-refractivity contribution in [1.82, 2.24) is 9.21 Å². The summed E-state index contributed by atoms with van der Waals surface area (Å²) < 4.78 is 40.2. The van der Waals surface area contributed by atoms with Crippen LogP contribution in [0.5, 0.6) is 0 Å². The van der Waals surface area contributed by atoms with E-state index in [1.165, 1.54) is 22.5 Å². The number of rotatable bonds is 2. The summed E-state index contributed by atoms with van der Waals surface area (Å²) in [5.41, 5.74) is 0. The van der Waals surface area contributed by atoms with Gasteiger partial charge in [-0.25, -0.2) is 12.8 Å². The fraction of sp³-hybridized carbons (Fsp3) is 0.538. The van der Waals surface area contributed by atoms with Crippen molar-refractivity contribution in [1.29, 1.82) is 0 Å². The molecule has 1 saturated heterocycles. The van der Waals surface area contributed by atoms with E-state index in [-0.39, 0.29) is 10.9 Å². The maximum absolute atomic E-state index is 13.7. The second kappa shape index (κ2) is 5.56. The van der Waals surface area contributed by atoms with E-state index in [1.807, 2.05) is 14.0 Å². The Balaban J connectivity index is 2.36. The number of likely N-dealkylation sites (N-methyl/N-ethyl adjacent to an activating group) is 1. The van der Waals surface area contributed by atoms with E-state index < -0.39 is 15.8 Å². The van der Waals surface area contributed by atoms with Crippen LogP contribution in [-0.2, 0) is 10.0 Å². The quantitative estimate of drug-likeness (QED) is 0.828. The molecule has 1 aliphatic rings. The zero-order valence-electron chi connectivity index (χ0n) is 11.2. The monoisotopic (exact) mass is 286 g/mol. The highest BCUT2D eigenvalue weighted by Gasteiger charge is 2.32. The van der Waals surface area contributed by atoms with Crippen LogP contribution < -0.4 is 0 Å². The van der Waals surface area contributed by atoms with Gasteiger partial charge in [0.25, 0.3) is 0 Å². The number of benzene rings is 1. The number of halogens is 1. The smallest absolute Gasteiger partial charge is 0.246 e. The van der Waals surface area contributed by atoms with Crippen LogP contribution in [0.25, 0.3) is 0 Å². The summed E-state index contributed by atoms with van der Waals surface area (Å²) >= 11 is 0. The Hall–Kier alpha value is -0.980. The number of hydrogen-bond donors (Lipinski definition) is 0. The minimum absolute atomic E-state index is 0.155. The molecule has 0 spiro atoms. The Morgan fingerprint density at radius 3 is 2.63 bits per heavy atom. The SMILES string of the molecule is CC1CN(C)CCCN1S(=O)(=O)c1ccccc1F. The summed E-state index contributed by atoms with van der Waals surface area (Å²) in [6.45, 7) is 3.81. The highest BCUT2D eigenvalue weighted by molar-refractivity contribution is 7.89. The van der Waals surface area contributed by atoms with Gasteiger partial charge in [0.1, 0.15) is 10.7 Å². The van der Waals surface area contributed by atoms with Gasteiger partial charge < -0.3 is 4.90 Å². The summed E-state index contributed by atoms with van der Waals surface area (Å²) in [7, 11) is -1.79. The third-order valence-electron chi connectivity index (χ3n) is 3.41. The Bertz CT molecular complexity index is 547. The van der Waals surface area contributed by atoms with Gasteiger partial charge in [-0.2, -0.15) is 4.31 Å². The van der Waals surface area contributed by atoms with Gasteiger partial charge in [0.2, 0.25) is 10.0 Å². The minimum Gasteiger partial charge on any atom is -0.305 e. The second-order valence-electron chi connectivity index (χ2n) is 5.01. The molecule has 6 heteroatoms. The van der Waals surface area contributed by atoms with Crippen molar-refractivity contribution in [2.24, 2.45) is 0 Å². The molecule has 1 fully saturated rings. The van der Waals surface area contributed by atoms with Gasteiger partial charge in [0.05, 0.1) is 0 Å². The van der Waals surface area contributed by atoms with Crippen LogP contribution in [0, 0.1) is 5.82 Å². The molecule has 0 N–H and O–H groups in total. The van der Waals surface area contributed by atoms with Crippen molar-refractivity contribution < 1.29 is 12.8 Å². The van der Waals surface area contributed by atoms with E-state index in [2.05, 4.69) is 4.90 Å². The third kappa shape index (κ3) is 2.96. The first-order chi connectivity index (χ1) is 8.93. The maximum atomic E-state index is 13.7. The molecule has 19 heavy (non-hydrogen) atoms. The molecule has 4 nitrogen and oxygen atoms in total. The number of nitrogens with zero attached hydrogens (tertiary/aromatic N) is 2. The molecule has 1 atom stereocenters. The molecule has 1 aromatic rings. The van der Waals surface area contributed by atoms with Gasteiger partial charge in [0.15, 0.2) is 0 Å². The summed E-state index contributed by atoms with van der Waals surface area (Å²) in [4.78, 5) is 1.87. The minimum atomic E-state index is -3.76.